The Hall–Kier alpha value is -1.14. The van der Waals surface area contributed by atoms with E-state index in [1.54, 1.807) is 16.7 Å². The molecule has 1 atom stereocenters. The van der Waals surface area contributed by atoms with Gasteiger partial charge in [0.1, 0.15) is 6.04 Å². The van der Waals surface area contributed by atoms with Crippen molar-refractivity contribution in [2.45, 2.75) is 10.9 Å². The van der Waals surface area contributed by atoms with Crippen molar-refractivity contribution < 1.29 is 14.3 Å². The van der Waals surface area contributed by atoms with Crippen LogP contribution in [-0.4, -0.2) is 40.9 Å². The van der Waals surface area contributed by atoms with Crippen LogP contribution in [-0.2, 0) is 9.53 Å². The van der Waals surface area contributed by atoms with Gasteiger partial charge in [0.2, 0.25) is 0 Å². The summed E-state index contributed by atoms with van der Waals surface area (Å²) in [6.45, 7) is 0. The molecule has 1 aliphatic rings. The normalized spacial score (nSPS) is 18.7. The molecule has 0 radical (unpaired) electrons. The van der Waals surface area contributed by atoms with E-state index in [0.29, 0.717) is 11.6 Å². The van der Waals surface area contributed by atoms with E-state index in [1.807, 2.05) is 30.3 Å². The maximum Gasteiger partial charge on any atom is 0.329 e. The fourth-order valence-corrected chi connectivity index (χ4v) is 3.63. The lowest BCUT2D eigenvalue weighted by atomic mass is 10.3. The number of carbonyl (C=O) groups is 2. The number of thioether (sulfide) groups is 2. The van der Waals surface area contributed by atoms with Crippen molar-refractivity contribution in [3.05, 3.63) is 30.3 Å². The maximum absolute atomic E-state index is 12.1. The Balaban J connectivity index is 2.02. The van der Waals surface area contributed by atoms with Gasteiger partial charge < -0.3 is 9.64 Å². The van der Waals surface area contributed by atoms with Gasteiger partial charge in [-0.05, 0) is 23.9 Å². The van der Waals surface area contributed by atoms with Crippen LogP contribution in [0, 0.1) is 0 Å². The molecule has 0 bridgehead atoms. The number of nitrogens with zero attached hydrogens (tertiary/aromatic N) is 1. The third-order valence-electron chi connectivity index (χ3n) is 2.54. The van der Waals surface area contributed by atoms with Gasteiger partial charge in [0, 0.05) is 10.6 Å². The van der Waals surface area contributed by atoms with Crippen molar-refractivity contribution in [3.63, 3.8) is 0 Å². The van der Waals surface area contributed by atoms with E-state index in [2.05, 4.69) is 0 Å². The van der Waals surface area contributed by atoms with E-state index >= 15 is 0 Å². The number of hydrogen-bond acceptors (Lipinski definition) is 5. The molecule has 0 N–H and O–H groups in total. The molecular formula is C12H13NO3S2. The third kappa shape index (κ3) is 3.00. The van der Waals surface area contributed by atoms with Gasteiger partial charge in [0.05, 0.1) is 13.0 Å². The standard InChI is InChI=1S/C12H13NO3S2/c1-16-11(14)10-7-17-8-13(10)12(15)18-9-5-3-2-4-6-9/h2-6,10H,7-8H2,1H3/t10-/m0/s1. The predicted molar refractivity (Wildman–Crippen MR) is 72.7 cm³/mol. The highest BCUT2D eigenvalue weighted by Gasteiger charge is 2.35. The number of rotatable bonds is 2. The summed E-state index contributed by atoms with van der Waals surface area (Å²) in [5.74, 6) is 0.800. The minimum Gasteiger partial charge on any atom is -0.467 e. The Morgan fingerprint density at radius 3 is 2.78 bits per heavy atom. The van der Waals surface area contributed by atoms with E-state index in [9.17, 15) is 9.59 Å². The lowest BCUT2D eigenvalue weighted by Gasteiger charge is -2.20. The molecule has 0 saturated carbocycles. The third-order valence-corrected chi connectivity index (χ3v) is 4.47. The lowest BCUT2D eigenvalue weighted by molar-refractivity contribution is -0.144. The molecule has 96 valence electrons. The van der Waals surface area contributed by atoms with Crippen molar-refractivity contribution >= 4 is 34.7 Å². The largest absolute Gasteiger partial charge is 0.467 e. The number of esters is 1. The molecule has 0 aliphatic carbocycles. The van der Waals surface area contributed by atoms with Crippen LogP contribution in [0.5, 0.6) is 0 Å². The van der Waals surface area contributed by atoms with Gasteiger partial charge in [0.25, 0.3) is 5.24 Å². The summed E-state index contributed by atoms with van der Waals surface area (Å²) in [5.41, 5.74) is 0. The minimum atomic E-state index is -0.455. The number of ether oxygens (including phenoxy) is 1. The summed E-state index contributed by atoms with van der Waals surface area (Å²) in [5, 5.41) is -0.110. The van der Waals surface area contributed by atoms with Gasteiger partial charge in [-0.1, -0.05) is 18.2 Å². The summed E-state index contributed by atoms with van der Waals surface area (Å²) in [4.78, 5) is 26.1. The summed E-state index contributed by atoms with van der Waals surface area (Å²) in [6, 6.07) is 8.96. The fourth-order valence-electron chi connectivity index (χ4n) is 1.60. The molecule has 0 spiro atoms. The molecule has 1 aromatic carbocycles. The van der Waals surface area contributed by atoms with Gasteiger partial charge >= 0.3 is 5.97 Å². The Bertz CT molecular complexity index is 438. The molecular weight excluding hydrogens is 270 g/mol. The molecule has 1 saturated heterocycles. The number of hydrogen-bond donors (Lipinski definition) is 0. The first-order valence-electron chi connectivity index (χ1n) is 5.41. The van der Waals surface area contributed by atoms with E-state index in [4.69, 9.17) is 4.74 Å². The molecule has 0 unspecified atom stereocenters. The van der Waals surface area contributed by atoms with Crippen LogP contribution in [0.2, 0.25) is 0 Å². The summed E-state index contributed by atoms with van der Waals surface area (Å²) in [6.07, 6.45) is 0. The smallest absolute Gasteiger partial charge is 0.329 e. The molecule has 1 amide bonds. The van der Waals surface area contributed by atoms with Gasteiger partial charge in [-0.25, -0.2) is 4.79 Å². The second-order valence-corrected chi connectivity index (χ2v) is 5.71. The number of methoxy groups -OCH3 is 1. The Morgan fingerprint density at radius 1 is 1.39 bits per heavy atom. The quantitative estimate of drug-likeness (QED) is 0.616. The second kappa shape index (κ2) is 6.15. The predicted octanol–water partition coefficient (Wildman–Crippen LogP) is 2.45. The van der Waals surface area contributed by atoms with Gasteiger partial charge in [0.15, 0.2) is 0 Å². The molecule has 1 aromatic rings. The molecule has 1 aliphatic heterocycles. The molecule has 6 heteroatoms. The maximum atomic E-state index is 12.1. The first kappa shape index (κ1) is 13.3. The number of benzene rings is 1. The number of carbonyl (C=O) groups excluding carboxylic acids is 2. The van der Waals surface area contributed by atoms with Crippen LogP contribution < -0.4 is 0 Å². The SMILES string of the molecule is COC(=O)[C@@H]1CSCN1C(=O)Sc1ccccc1. The first-order valence-corrected chi connectivity index (χ1v) is 7.38. The second-order valence-electron chi connectivity index (χ2n) is 3.69. The summed E-state index contributed by atoms with van der Waals surface area (Å²) in [7, 11) is 1.35. The molecule has 0 aromatic heterocycles. The van der Waals surface area contributed by atoms with Crippen molar-refractivity contribution in [3.8, 4) is 0 Å². The zero-order valence-electron chi connectivity index (χ0n) is 9.87. The lowest BCUT2D eigenvalue weighted by Crippen LogP contribution is -2.40. The molecule has 18 heavy (non-hydrogen) atoms. The highest BCUT2D eigenvalue weighted by molar-refractivity contribution is 8.13. The molecule has 1 fully saturated rings. The zero-order chi connectivity index (χ0) is 13.0. The van der Waals surface area contributed by atoms with Crippen LogP contribution in [0.15, 0.2) is 35.2 Å². The topological polar surface area (TPSA) is 46.6 Å². The highest BCUT2D eigenvalue weighted by Crippen LogP contribution is 2.28. The van der Waals surface area contributed by atoms with E-state index in [0.717, 1.165) is 16.7 Å². The summed E-state index contributed by atoms with van der Waals surface area (Å²) < 4.78 is 4.71. The van der Waals surface area contributed by atoms with Crippen molar-refractivity contribution in [1.29, 1.82) is 0 Å². The van der Waals surface area contributed by atoms with E-state index in [1.165, 1.54) is 7.11 Å². The monoisotopic (exact) mass is 283 g/mol. The van der Waals surface area contributed by atoms with E-state index in [-0.39, 0.29) is 11.2 Å². The van der Waals surface area contributed by atoms with Crippen LogP contribution in [0.25, 0.3) is 0 Å². The molecule has 2 rings (SSSR count). The van der Waals surface area contributed by atoms with Crippen molar-refractivity contribution in [2.24, 2.45) is 0 Å². The van der Waals surface area contributed by atoms with Crippen LogP contribution in [0.3, 0.4) is 0 Å². The molecule has 4 nitrogen and oxygen atoms in total. The van der Waals surface area contributed by atoms with Gasteiger partial charge in [-0.2, -0.15) is 0 Å². The van der Waals surface area contributed by atoms with Gasteiger partial charge in [-0.3, -0.25) is 4.79 Å². The van der Waals surface area contributed by atoms with E-state index < -0.39 is 6.04 Å². The van der Waals surface area contributed by atoms with Gasteiger partial charge in [-0.15, -0.1) is 11.8 Å². The van der Waals surface area contributed by atoms with Crippen molar-refractivity contribution in [2.75, 3.05) is 18.7 Å². The van der Waals surface area contributed by atoms with Crippen LogP contribution in [0.1, 0.15) is 0 Å². The zero-order valence-corrected chi connectivity index (χ0v) is 11.5. The molecule has 1 heterocycles. The highest BCUT2D eigenvalue weighted by atomic mass is 32.2. The van der Waals surface area contributed by atoms with Crippen LogP contribution >= 0.6 is 23.5 Å². The Morgan fingerprint density at radius 2 is 2.11 bits per heavy atom. The number of amides is 1. The Labute approximate surface area is 114 Å². The summed E-state index contributed by atoms with van der Waals surface area (Å²) >= 11 is 2.70. The average Bonchev–Trinajstić information content (AvgIpc) is 2.88. The minimum absolute atomic E-state index is 0.110. The van der Waals surface area contributed by atoms with Crippen molar-refractivity contribution in [1.82, 2.24) is 4.90 Å². The fraction of sp³-hybridized carbons (Fsp3) is 0.333. The Kier molecular flexibility index (Phi) is 4.54. The average molecular weight is 283 g/mol. The first-order chi connectivity index (χ1) is 8.72. The van der Waals surface area contributed by atoms with Crippen LogP contribution in [0.4, 0.5) is 4.79 Å².